The van der Waals surface area contributed by atoms with E-state index >= 15 is 0 Å². The molecular formula is C10H13Cl3N2O2S. The molecule has 0 spiro atoms. The molecule has 0 unspecified atom stereocenters. The van der Waals surface area contributed by atoms with E-state index in [1.54, 1.807) is 0 Å². The lowest BCUT2D eigenvalue weighted by Crippen LogP contribution is -2.31. The second-order valence-corrected chi connectivity index (χ2v) is 6.74. The summed E-state index contributed by atoms with van der Waals surface area (Å²) in [5, 5.41) is 0.569. The van der Waals surface area contributed by atoms with Crippen molar-refractivity contribution in [3.05, 3.63) is 28.2 Å². The Bertz CT molecular complexity index is 536. The van der Waals surface area contributed by atoms with Crippen LogP contribution in [-0.4, -0.2) is 31.9 Å². The summed E-state index contributed by atoms with van der Waals surface area (Å²) in [6, 6.07) is 4.20. The Morgan fingerprint density at radius 3 is 2.44 bits per heavy atom. The van der Waals surface area contributed by atoms with Gasteiger partial charge in [0.25, 0.3) is 0 Å². The quantitative estimate of drug-likeness (QED) is 0.903. The van der Waals surface area contributed by atoms with Gasteiger partial charge in [0.05, 0.1) is 14.9 Å². The second-order valence-electron chi connectivity index (χ2n) is 3.99. The molecule has 4 nitrogen and oxygen atoms in total. The Labute approximate surface area is 123 Å². The van der Waals surface area contributed by atoms with Crippen molar-refractivity contribution in [1.82, 2.24) is 4.31 Å². The van der Waals surface area contributed by atoms with Gasteiger partial charge in [-0.3, -0.25) is 0 Å². The minimum absolute atomic E-state index is 0. The molecule has 1 saturated heterocycles. The largest absolute Gasteiger partial charge is 0.326 e. The summed E-state index contributed by atoms with van der Waals surface area (Å²) in [6.07, 6.45) is 0.681. The van der Waals surface area contributed by atoms with Crippen LogP contribution in [0, 0.1) is 0 Å². The van der Waals surface area contributed by atoms with Crippen molar-refractivity contribution < 1.29 is 8.42 Å². The van der Waals surface area contributed by atoms with Gasteiger partial charge in [-0.05, 0) is 24.6 Å². The van der Waals surface area contributed by atoms with Crippen LogP contribution in [0.15, 0.2) is 23.1 Å². The Hall–Kier alpha value is -0.0400. The molecule has 1 aromatic rings. The van der Waals surface area contributed by atoms with E-state index in [1.165, 1.54) is 22.5 Å². The molecule has 18 heavy (non-hydrogen) atoms. The Morgan fingerprint density at radius 2 is 1.94 bits per heavy atom. The molecule has 1 fully saturated rings. The predicted molar refractivity (Wildman–Crippen MR) is 75.1 cm³/mol. The van der Waals surface area contributed by atoms with E-state index in [4.69, 9.17) is 28.9 Å². The molecule has 102 valence electrons. The zero-order chi connectivity index (χ0) is 12.6. The first-order valence-electron chi connectivity index (χ1n) is 5.12. The van der Waals surface area contributed by atoms with Crippen molar-refractivity contribution in [2.24, 2.45) is 5.73 Å². The number of nitrogens with zero attached hydrogens (tertiary/aromatic N) is 1. The molecule has 1 aromatic carbocycles. The van der Waals surface area contributed by atoms with Gasteiger partial charge in [0.2, 0.25) is 10.0 Å². The highest BCUT2D eigenvalue weighted by molar-refractivity contribution is 7.89. The normalized spacial score (nSPS) is 20.7. The van der Waals surface area contributed by atoms with Gasteiger partial charge in [0.15, 0.2) is 0 Å². The van der Waals surface area contributed by atoms with E-state index in [0.29, 0.717) is 24.5 Å². The van der Waals surface area contributed by atoms with E-state index in [0.717, 1.165) is 0 Å². The van der Waals surface area contributed by atoms with Gasteiger partial charge in [-0.15, -0.1) is 12.4 Å². The van der Waals surface area contributed by atoms with E-state index < -0.39 is 10.0 Å². The standard InChI is InChI=1S/C10H12Cl2N2O2S.ClH/c11-9-2-1-8(5-10(9)12)17(15,16)14-4-3-7(13)6-14;/h1-2,5,7H,3-4,6,13H2;1H/t7-;/m1./s1. The molecule has 1 atom stereocenters. The summed E-state index contributed by atoms with van der Waals surface area (Å²) in [4.78, 5) is 0.154. The van der Waals surface area contributed by atoms with E-state index in [9.17, 15) is 8.42 Å². The van der Waals surface area contributed by atoms with Crippen LogP contribution in [0.2, 0.25) is 10.0 Å². The van der Waals surface area contributed by atoms with Crippen LogP contribution in [0.3, 0.4) is 0 Å². The highest BCUT2D eigenvalue weighted by atomic mass is 35.5. The van der Waals surface area contributed by atoms with Gasteiger partial charge >= 0.3 is 0 Å². The summed E-state index contributed by atoms with van der Waals surface area (Å²) < 4.78 is 25.8. The SMILES string of the molecule is Cl.N[C@@H]1CCN(S(=O)(=O)c2ccc(Cl)c(Cl)c2)C1. The fourth-order valence-electron chi connectivity index (χ4n) is 1.76. The summed E-state index contributed by atoms with van der Waals surface area (Å²) >= 11 is 11.6. The lowest BCUT2D eigenvalue weighted by atomic mass is 10.3. The monoisotopic (exact) mass is 330 g/mol. The van der Waals surface area contributed by atoms with Gasteiger partial charge < -0.3 is 5.73 Å². The van der Waals surface area contributed by atoms with E-state index in [2.05, 4.69) is 0 Å². The van der Waals surface area contributed by atoms with Crippen LogP contribution in [-0.2, 0) is 10.0 Å². The van der Waals surface area contributed by atoms with E-state index in [-0.39, 0.29) is 28.4 Å². The first-order valence-corrected chi connectivity index (χ1v) is 7.31. The molecule has 0 amide bonds. The smallest absolute Gasteiger partial charge is 0.243 e. The van der Waals surface area contributed by atoms with Crippen molar-refractivity contribution in [3.63, 3.8) is 0 Å². The Morgan fingerprint density at radius 1 is 1.28 bits per heavy atom. The lowest BCUT2D eigenvalue weighted by Gasteiger charge is -2.16. The molecule has 0 bridgehead atoms. The fourth-order valence-corrected chi connectivity index (χ4v) is 3.66. The van der Waals surface area contributed by atoms with Crippen LogP contribution in [0.1, 0.15) is 6.42 Å². The molecule has 8 heteroatoms. The number of halogens is 3. The summed E-state index contributed by atoms with van der Waals surface area (Å²) in [7, 11) is -3.50. The third-order valence-electron chi connectivity index (χ3n) is 2.72. The number of hydrogen-bond donors (Lipinski definition) is 1. The Balaban J connectivity index is 0.00000162. The van der Waals surface area contributed by atoms with Crippen molar-refractivity contribution in [1.29, 1.82) is 0 Å². The number of nitrogens with two attached hydrogens (primary N) is 1. The maximum Gasteiger partial charge on any atom is 0.243 e. The average molecular weight is 332 g/mol. The molecule has 2 N–H and O–H groups in total. The van der Waals surface area contributed by atoms with Crippen LogP contribution in [0.5, 0.6) is 0 Å². The maximum atomic E-state index is 12.2. The summed E-state index contributed by atoms with van der Waals surface area (Å²) in [5.74, 6) is 0. The number of hydrogen-bond acceptors (Lipinski definition) is 3. The molecular weight excluding hydrogens is 319 g/mol. The van der Waals surface area contributed by atoms with Gasteiger partial charge in [-0.1, -0.05) is 23.2 Å². The van der Waals surface area contributed by atoms with Gasteiger partial charge in [-0.25, -0.2) is 8.42 Å². The highest BCUT2D eigenvalue weighted by Gasteiger charge is 2.31. The van der Waals surface area contributed by atoms with E-state index in [1.807, 2.05) is 0 Å². The third-order valence-corrected chi connectivity index (χ3v) is 5.32. The highest BCUT2D eigenvalue weighted by Crippen LogP contribution is 2.27. The molecule has 1 aliphatic rings. The Kier molecular flexibility index (Phi) is 5.29. The molecule has 0 aromatic heterocycles. The van der Waals surface area contributed by atoms with Crippen LogP contribution in [0.4, 0.5) is 0 Å². The minimum Gasteiger partial charge on any atom is -0.326 e. The van der Waals surface area contributed by atoms with Crippen LogP contribution < -0.4 is 5.73 Å². The molecule has 0 saturated carbocycles. The average Bonchev–Trinajstić information content (AvgIpc) is 2.69. The third kappa shape index (κ3) is 3.10. The van der Waals surface area contributed by atoms with Crippen LogP contribution >= 0.6 is 35.6 Å². The molecule has 0 aliphatic carbocycles. The molecule has 1 aliphatic heterocycles. The summed E-state index contributed by atoms with van der Waals surface area (Å²) in [5.41, 5.74) is 5.70. The first kappa shape index (κ1) is 16.0. The predicted octanol–water partition coefficient (Wildman–Crippen LogP) is 2.14. The fraction of sp³-hybridized carbons (Fsp3) is 0.400. The number of rotatable bonds is 2. The zero-order valence-corrected chi connectivity index (χ0v) is 12.5. The maximum absolute atomic E-state index is 12.2. The van der Waals surface area contributed by atoms with Crippen molar-refractivity contribution >= 4 is 45.6 Å². The van der Waals surface area contributed by atoms with Gasteiger partial charge in [0, 0.05) is 19.1 Å². The lowest BCUT2D eigenvalue weighted by molar-refractivity contribution is 0.472. The molecule has 2 rings (SSSR count). The van der Waals surface area contributed by atoms with Gasteiger partial charge in [-0.2, -0.15) is 4.31 Å². The second kappa shape index (κ2) is 5.94. The van der Waals surface area contributed by atoms with Crippen molar-refractivity contribution in [2.75, 3.05) is 13.1 Å². The topological polar surface area (TPSA) is 63.4 Å². The van der Waals surface area contributed by atoms with Crippen LogP contribution in [0.25, 0.3) is 0 Å². The first-order chi connectivity index (χ1) is 7.91. The van der Waals surface area contributed by atoms with Gasteiger partial charge in [0.1, 0.15) is 0 Å². The minimum atomic E-state index is -3.50. The number of sulfonamides is 1. The molecule has 0 radical (unpaired) electrons. The molecule has 1 heterocycles. The zero-order valence-electron chi connectivity index (χ0n) is 9.34. The summed E-state index contributed by atoms with van der Waals surface area (Å²) in [6.45, 7) is 0.798. The van der Waals surface area contributed by atoms with Crippen molar-refractivity contribution in [3.8, 4) is 0 Å². The van der Waals surface area contributed by atoms with Crippen molar-refractivity contribution in [2.45, 2.75) is 17.4 Å². The number of benzene rings is 1.